The second kappa shape index (κ2) is 6.87. The first-order valence-corrected chi connectivity index (χ1v) is 9.22. The average molecular weight is 383 g/mol. The van der Waals surface area contributed by atoms with Gasteiger partial charge in [-0.1, -0.05) is 60.7 Å². The molecule has 0 aliphatic heterocycles. The number of ether oxygens (including phenoxy) is 1. The number of carbonyl (C=O) groups excluding carboxylic acids is 1. The summed E-state index contributed by atoms with van der Waals surface area (Å²) < 4.78 is 6.68. The molecule has 142 valence electrons. The van der Waals surface area contributed by atoms with Crippen molar-refractivity contribution in [3.05, 3.63) is 83.9 Å². The number of hydrogen-bond acceptors (Lipinski definition) is 6. The second-order valence-electron chi connectivity index (χ2n) is 6.84. The summed E-state index contributed by atoms with van der Waals surface area (Å²) in [6.45, 7) is 0.198. The first kappa shape index (κ1) is 17.1. The molecule has 0 bridgehead atoms. The molecule has 0 amide bonds. The summed E-state index contributed by atoms with van der Waals surface area (Å²) in [6.07, 6.45) is -0.630. The molecule has 0 fully saturated rings. The van der Waals surface area contributed by atoms with E-state index in [-0.39, 0.29) is 18.3 Å². The van der Waals surface area contributed by atoms with Gasteiger partial charge in [0.2, 0.25) is 0 Å². The van der Waals surface area contributed by atoms with Crippen LogP contribution in [0.15, 0.2) is 72.8 Å². The van der Waals surface area contributed by atoms with Crippen molar-refractivity contribution in [2.75, 3.05) is 12.3 Å². The van der Waals surface area contributed by atoms with Crippen molar-refractivity contribution >= 4 is 11.8 Å². The third-order valence-corrected chi connectivity index (χ3v) is 5.12. The highest BCUT2D eigenvalue weighted by Crippen LogP contribution is 2.44. The lowest BCUT2D eigenvalue weighted by molar-refractivity contribution is 0.141. The zero-order valence-electron chi connectivity index (χ0n) is 15.4. The minimum Gasteiger partial charge on any atom is -0.447 e. The lowest BCUT2D eigenvalue weighted by Gasteiger charge is -2.14. The molecule has 29 heavy (non-hydrogen) atoms. The van der Waals surface area contributed by atoms with Crippen LogP contribution in [0.5, 0.6) is 0 Å². The van der Waals surface area contributed by atoms with Gasteiger partial charge in [0, 0.05) is 17.2 Å². The van der Waals surface area contributed by atoms with Crippen LogP contribution in [0.4, 0.5) is 10.5 Å². The van der Waals surface area contributed by atoms with Gasteiger partial charge >= 0.3 is 6.09 Å². The number of hydrogen-bond donors (Lipinski definition) is 1. The smallest absolute Gasteiger partial charge is 0.438 e. The lowest BCUT2D eigenvalue weighted by Crippen LogP contribution is -2.20. The van der Waals surface area contributed by atoms with Crippen LogP contribution in [-0.4, -0.2) is 32.9 Å². The molecular weight excluding hydrogens is 366 g/mol. The topological polar surface area (TPSA) is 95.9 Å². The van der Waals surface area contributed by atoms with Gasteiger partial charge in [-0.2, -0.15) is 0 Å². The average Bonchev–Trinajstić information content (AvgIpc) is 3.36. The van der Waals surface area contributed by atoms with Gasteiger partial charge in [0.15, 0.2) is 5.82 Å². The Balaban J connectivity index is 1.41. The summed E-state index contributed by atoms with van der Waals surface area (Å²) in [7, 11) is 0. The zero-order valence-corrected chi connectivity index (χ0v) is 15.4. The predicted octanol–water partition coefficient (Wildman–Crippen LogP) is 3.72. The predicted molar refractivity (Wildman–Crippen MR) is 108 cm³/mol. The first-order chi connectivity index (χ1) is 14.2. The van der Waals surface area contributed by atoms with Crippen LogP contribution >= 0.6 is 0 Å². The van der Waals surface area contributed by atoms with Crippen LogP contribution in [0.2, 0.25) is 0 Å². The van der Waals surface area contributed by atoms with Crippen LogP contribution in [-0.2, 0) is 4.74 Å². The molecule has 5 rings (SSSR count). The standard InChI is InChI=1S/C22H17N5O2/c23-15-7-5-6-14(12-15)21-24-25-26-27(21)22(28)29-13-20-18-10-3-1-8-16(18)17-9-2-4-11-19(17)20/h1-12,20H,13,23H2. The van der Waals surface area contributed by atoms with E-state index in [1.807, 2.05) is 24.3 Å². The van der Waals surface area contributed by atoms with Gasteiger partial charge in [0.05, 0.1) is 0 Å². The molecule has 0 atom stereocenters. The lowest BCUT2D eigenvalue weighted by atomic mass is 9.98. The summed E-state index contributed by atoms with van der Waals surface area (Å²) in [6, 6.07) is 23.4. The molecule has 7 heteroatoms. The van der Waals surface area contributed by atoms with Gasteiger partial charge in [-0.3, -0.25) is 0 Å². The molecule has 1 heterocycles. The highest BCUT2D eigenvalue weighted by atomic mass is 16.6. The Morgan fingerprint density at radius 3 is 2.34 bits per heavy atom. The summed E-state index contributed by atoms with van der Waals surface area (Å²) in [5, 5.41) is 11.4. The second-order valence-corrected chi connectivity index (χ2v) is 6.84. The number of fused-ring (bicyclic) bond motifs is 3. The Bertz CT molecular complexity index is 1170. The van der Waals surface area contributed by atoms with Gasteiger partial charge in [0.1, 0.15) is 6.61 Å². The number of rotatable bonds is 3. The number of aromatic nitrogens is 4. The first-order valence-electron chi connectivity index (χ1n) is 9.22. The largest absolute Gasteiger partial charge is 0.447 e. The molecule has 0 unspecified atom stereocenters. The number of nitrogens with zero attached hydrogens (tertiary/aromatic N) is 4. The number of carbonyl (C=O) groups is 1. The van der Waals surface area contributed by atoms with E-state index in [2.05, 4.69) is 39.8 Å². The Morgan fingerprint density at radius 2 is 1.66 bits per heavy atom. The van der Waals surface area contributed by atoms with Gasteiger partial charge in [-0.05, 0) is 44.8 Å². The summed E-state index contributed by atoms with van der Waals surface area (Å²) in [5.74, 6) is 0.258. The third kappa shape index (κ3) is 2.93. The van der Waals surface area contributed by atoms with E-state index in [4.69, 9.17) is 10.5 Å². The molecular formula is C22H17N5O2. The van der Waals surface area contributed by atoms with Crippen LogP contribution in [0.1, 0.15) is 17.0 Å². The van der Waals surface area contributed by atoms with Crippen molar-refractivity contribution in [3.8, 4) is 22.5 Å². The summed E-state index contributed by atoms with van der Waals surface area (Å²) in [4.78, 5) is 12.7. The van der Waals surface area contributed by atoms with Crippen molar-refractivity contribution < 1.29 is 9.53 Å². The number of benzene rings is 3. The van der Waals surface area contributed by atoms with E-state index >= 15 is 0 Å². The Labute approximate surface area is 166 Å². The van der Waals surface area contributed by atoms with Crippen molar-refractivity contribution in [1.29, 1.82) is 0 Å². The van der Waals surface area contributed by atoms with E-state index in [1.165, 1.54) is 11.1 Å². The molecule has 4 aromatic rings. The molecule has 1 aliphatic rings. The maximum atomic E-state index is 12.7. The van der Waals surface area contributed by atoms with E-state index in [0.29, 0.717) is 11.3 Å². The fourth-order valence-electron chi connectivity index (χ4n) is 3.82. The number of nitrogen functional groups attached to an aromatic ring is 1. The van der Waals surface area contributed by atoms with Gasteiger partial charge in [0.25, 0.3) is 0 Å². The molecule has 0 radical (unpaired) electrons. The Kier molecular flexibility index (Phi) is 4.05. The maximum Gasteiger partial charge on any atom is 0.438 e. The van der Waals surface area contributed by atoms with Crippen LogP contribution in [0, 0.1) is 0 Å². The van der Waals surface area contributed by atoms with Crippen molar-refractivity contribution in [2.24, 2.45) is 0 Å². The Hall–Kier alpha value is -4.00. The van der Waals surface area contributed by atoms with E-state index in [0.717, 1.165) is 15.8 Å². The van der Waals surface area contributed by atoms with Crippen LogP contribution in [0.3, 0.4) is 0 Å². The molecule has 3 aromatic carbocycles. The van der Waals surface area contributed by atoms with Gasteiger partial charge in [-0.25, -0.2) is 4.79 Å². The Morgan fingerprint density at radius 1 is 0.966 bits per heavy atom. The summed E-state index contributed by atoms with van der Waals surface area (Å²) in [5.41, 5.74) is 11.7. The minimum absolute atomic E-state index is 0.0290. The van der Waals surface area contributed by atoms with E-state index < -0.39 is 6.09 Å². The molecule has 0 saturated carbocycles. The molecule has 0 saturated heterocycles. The van der Waals surface area contributed by atoms with E-state index in [1.54, 1.807) is 24.3 Å². The van der Waals surface area contributed by atoms with Crippen molar-refractivity contribution in [2.45, 2.75) is 5.92 Å². The van der Waals surface area contributed by atoms with Crippen molar-refractivity contribution in [1.82, 2.24) is 20.2 Å². The van der Waals surface area contributed by atoms with Crippen LogP contribution in [0.25, 0.3) is 22.5 Å². The molecule has 1 aliphatic carbocycles. The monoisotopic (exact) mass is 383 g/mol. The quantitative estimate of drug-likeness (QED) is 0.428. The number of nitrogens with two attached hydrogens (primary N) is 1. The van der Waals surface area contributed by atoms with Gasteiger partial charge in [-0.15, -0.1) is 9.78 Å². The molecule has 0 spiro atoms. The van der Waals surface area contributed by atoms with Crippen LogP contribution < -0.4 is 5.73 Å². The molecule has 1 aromatic heterocycles. The van der Waals surface area contributed by atoms with E-state index in [9.17, 15) is 4.79 Å². The summed E-state index contributed by atoms with van der Waals surface area (Å²) >= 11 is 0. The SMILES string of the molecule is Nc1cccc(-c2nnnn2C(=O)OCC2c3ccccc3-c3ccccc32)c1. The third-order valence-electron chi connectivity index (χ3n) is 5.12. The molecule has 2 N–H and O–H groups in total. The van der Waals surface area contributed by atoms with Gasteiger partial charge < -0.3 is 10.5 Å². The minimum atomic E-state index is -0.630. The fourth-order valence-corrected chi connectivity index (χ4v) is 3.82. The maximum absolute atomic E-state index is 12.7. The highest BCUT2D eigenvalue weighted by molar-refractivity contribution is 5.79. The normalized spacial score (nSPS) is 12.4. The highest BCUT2D eigenvalue weighted by Gasteiger charge is 2.29. The number of anilines is 1. The van der Waals surface area contributed by atoms with Crippen molar-refractivity contribution in [3.63, 3.8) is 0 Å². The fraction of sp³-hybridized carbons (Fsp3) is 0.0909. The number of tetrazole rings is 1. The molecule has 7 nitrogen and oxygen atoms in total. The zero-order chi connectivity index (χ0) is 19.8.